The van der Waals surface area contributed by atoms with Crippen molar-refractivity contribution in [3.8, 4) is 0 Å². The standard InChI is InChI=1S/C10H23NSi/c1-6-8-11(3)10-12(4,5)9-7-2/h7H,2,6,8-10H2,1,3-5H3. The van der Waals surface area contributed by atoms with Crippen LogP contribution in [0.4, 0.5) is 0 Å². The quantitative estimate of drug-likeness (QED) is 0.454. The zero-order valence-corrected chi connectivity index (χ0v) is 10.1. The molecule has 0 atom stereocenters. The second-order valence-electron chi connectivity index (χ2n) is 4.39. The molecular weight excluding hydrogens is 162 g/mol. The molecule has 0 saturated carbocycles. The summed E-state index contributed by atoms with van der Waals surface area (Å²) in [5.74, 6) is 0. The summed E-state index contributed by atoms with van der Waals surface area (Å²) < 4.78 is 0. The highest BCUT2D eigenvalue weighted by Crippen LogP contribution is 2.10. The smallest absolute Gasteiger partial charge is 0.0666 e. The van der Waals surface area contributed by atoms with E-state index < -0.39 is 8.07 Å². The van der Waals surface area contributed by atoms with Crippen molar-refractivity contribution in [1.82, 2.24) is 4.90 Å². The number of hydrogen-bond acceptors (Lipinski definition) is 1. The summed E-state index contributed by atoms with van der Waals surface area (Å²) in [6.45, 7) is 12.1. The monoisotopic (exact) mass is 185 g/mol. The fraction of sp³-hybridized carbons (Fsp3) is 0.800. The molecule has 0 aliphatic carbocycles. The Labute approximate surface area is 78.5 Å². The van der Waals surface area contributed by atoms with Gasteiger partial charge in [-0.25, -0.2) is 0 Å². The predicted molar refractivity (Wildman–Crippen MR) is 60.3 cm³/mol. The minimum Gasteiger partial charge on any atom is -0.309 e. The zero-order valence-electron chi connectivity index (χ0n) is 9.06. The largest absolute Gasteiger partial charge is 0.309 e. The van der Waals surface area contributed by atoms with Gasteiger partial charge in [-0.05, 0) is 32.2 Å². The normalized spacial score (nSPS) is 12.1. The molecule has 0 rings (SSSR count). The van der Waals surface area contributed by atoms with Gasteiger partial charge in [-0.3, -0.25) is 0 Å². The molecule has 0 aromatic carbocycles. The van der Waals surface area contributed by atoms with Gasteiger partial charge in [0.2, 0.25) is 0 Å². The van der Waals surface area contributed by atoms with E-state index in [0.29, 0.717) is 0 Å². The van der Waals surface area contributed by atoms with E-state index in [9.17, 15) is 0 Å². The van der Waals surface area contributed by atoms with Crippen LogP contribution in [0.1, 0.15) is 13.3 Å². The third-order valence-electron chi connectivity index (χ3n) is 2.00. The maximum atomic E-state index is 3.82. The molecule has 0 heterocycles. The van der Waals surface area contributed by atoms with Gasteiger partial charge in [-0.15, -0.1) is 6.58 Å². The highest BCUT2D eigenvalue weighted by atomic mass is 28.3. The van der Waals surface area contributed by atoms with Gasteiger partial charge in [-0.2, -0.15) is 0 Å². The van der Waals surface area contributed by atoms with E-state index in [2.05, 4.69) is 44.6 Å². The Bertz CT molecular complexity index is 132. The lowest BCUT2D eigenvalue weighted by Gasteiger charge is -2.27. The van der Waals surface area contributed by atoms with Gasteiger partial charge in [0.25, 0.3) is 0 Å². The predicted octanol–water partition coefficient (Wildman–Crippen LogP) is 2.76. The Hall–Kier alpha value is -0.0831. The van der Waals surface area contributed by atoms with Crippen molar-refractivity contribution in [2.75, 3.05) is 19.8 Å². The molecule has 2 heteroatoms. The van der Waals surface area contributed by atoms with E-state index in [1.54, 1.807) is 0 Å². The molecule has 0 aliphatic rings. The van der Waals surface area contributed by atoms with Gasteiger partial charge in [0.1, 0.15) is 0 Å². The minimum atomic E-state index is -0.996. The van der Waals surface area contributed by atoms with Crippen molar-refractivity contribution in [3.05, 3.63) is 12.7 Å². The first-order valence-electron chi connectivity index (χ1n) is 4.81. The summed E-state index contributed by atoms with van der Waals surface area (Å²) in [7, 11) is 1.23. The van der Waals surface area contributed by atoms with Crippen molar-refractivity contribution in [2.45, 2.75) is 32.5 Å². The number of nitrogens with zero attached hydrogens (tertiary/aromatic N) is 1. The molecule has 1 nitrogen and oxygen atoms in total. The highest BCUT2D eigenvalue weighted by molar-refractivity contribution is 6.77. The van der Waals surface area contributed by atoms with E-state index in [1.807, 2.05) is 0 Å². The topological polar surface area (TPSA) is 3.24 Å². The Kier molecular flexibility index (Phi) is 5.50. The lowest BCUT2D eigenvalue weighted by Crippen LogP contribution is -2.40. The molecule has 0 bridgehead atoms. The Morgan fingerprint density at radius 2 is 2.00 bits per heavy atom. The summed E-state index contributed by atoms with van der Waals surface area (Å²) >= 11 is 0. The van der Waals surface area contributed by atoms with E-state index in [1.165, 1.54) is 25.2 Å². The van der Waals surface area contributed by atoms with Crippen LogP contribution in [0.25, 0.3) is 0 Å². The Balaban J connectivity index is 3.78. The number of allylic oxidation sites excluding steroid dienone is 1. The van der Waals surface area contributed by atoms with E-state index >= 15 is 0 Å². The van der Waals surface area contributed by atoms with Gasteiger partial charge in [0.05, 0.1) is 8.07 Å². The van der Waals surface area contributed by atoms with Crippen LogP contribution in [0, 0.1) is 0 Å². The Morgan fingerprint density at radius 1 is 1.42 bits per heavy atom. The second kappa shape index (κ2) is 5.54. The maximum Gasteiger partial charge on any atom is 0.0666 e. The van der Waals surface area contributed by atoms with Crippen LogP contribution in [-0.2, 0) is 0 Å². The van der Waals surface area contributed by atoms with Crippen LogP contribution in [-0.4, -0.2) is 32.7 Å². The minimum absolute atomic E-state index is 0.996. The van der Waals surface area contributed by atoms with Crippen LogP contribution in [0.3, 0.4) is 0 Å². The molecule has 0 saturated heterocycles. The van der Waals surface area contributed by atoms with Crippen molar-refractivity contribution < 1.29 is 0 Å². The summed E-state index contributed by atoms with van der Waals surface area (Å²) in [5, 5.41) is 0. The van der Waals surface area contributed by atoms with Crippen molar-refractivity contribution in [1.29, 1.82) is 0 Å². The molecule has 72 valence electrons. The average molecular weight is 185 g/mol. The molecule has 0 aromatic rings. The van der Waals surface area contributed by atoms with Gasteiger partial charge in [0.15, 0.2) is 0 Å². The summed E-state index contributed by atoms with van der Waals surface area (Å²) in [4.78, 5) is 2.45. The third kappa shape index (κ3) is 5.55. The van der Waals surface area contributed by atoms with E-state index in [0.717, 1.165) is 0 Å². The summed E-state index contributed by atoms with van der Waals surface area (Å²) in [6.07, 6.45) is 4.63. The lowest BCUT2D eigenvalue weighted by atomic mass is 10.5. The van der Waals surface area contributed by atoms with Gasteiger partial charge >= 0.3 is 0 Å². The highest BCUT2D eigenvalue weighted by Gasteiger charge is 2.20. The van der Waals surface area contributed by atoms with Crippen LogP contribution in [0.15, 0.2) is 12.7 Å². The molecule has 0 aromatic heterocycles. The molecule has 0 aliphatic heterocycles. The van der Waals surface area contributed by atoms with Crippen molar-refractivity contribution in [2.24, 2.45) is 0 Å². The van der Waals surface area contributed by atoms with Crippen molar-refractivity contribution in [3.63, 3.8) is 0 Å². The zero-order chi connectivity index (χ0) is 9.61. The van der Waals surface area contributed by atoms with E-state index in [-0.39, 0.29) is 0 Å². The number of hydrogen-bond donors (Lipinski definition) is 0. The first-order chi connectivity index (χ1) is 5.52. The summed E-state index contributed by atoms with van der Waals surface area (Å²) in [5.41, 5.74) is 0. The second-order valence-corrected chi connectivity index (χ2v) is 9.45. The first kappa shape index (κ1) is 11.9. The summed E-state index contributed by atoms with van der Waals surface area (Å²) in [6, 6.07) is 1.24. The van der Waals surface area contributed by atoms with Gasteiger partial charge < -0.3 is 4.90 Å². The maximum absolute atomic E-state index is 3.82. The van der Waals surface area contributed by atoms with Crippen LogP contribution in [0.2, 0.25) is 19.1 Å². The molecule has 0 N–H and O–H groups in total. The molecular formula is C10H23NSi. The van der Waals surface area contributed by atoms with Crippen LogP contribution < -0.4 is 0 Å². The van der Waals surface area contributed by atoms with Crippen LogP contribution in [0.5, 0.6) is 0 Å². The lowest BCUT2D eigenvalue weighted by molar-refractivity contribution is 0.381. The number of rotatable bonds is 6. The third-order valence-corrected chi connectivity index (χ3v) is 4.79. The fourth-order valence-electron chi connectivity index (χ4n) is 1.65. The fourth-order valence-corrected chi connectivity index (χ4v) is 4.18. The SMILES string of the molecule is C=CC[Si](C)(C)CN(C)CCC. The molecule has 0 radical (unpaired) electrons. The van der Waals surface area contributed by atoms with Crippen LogP contribution >= 0.6 is 0 Å². The molecule has 0 fully saturated rings. The Morgan fingerprint density at radius 3 is 2.42 bits per heavy atom. The average Bonchev–Trinajstić information content (AvgIpc) is 1.85. The van der Waals surface area contributed by atoms with Crippen molar-refractivity contribution >= 4 is 8.07 Å². The first-order valence-corrected chi connectivity index (χ1v) is 8.22. The molecule has 0 spiro atoms. The van der Waals surface area contributed by atoms with Gasteiger partial charge in [0, 0.05) is 0 Å². The van der Waals surface area contributed by atoms with E-state index in [4.69, 9.17) is 0 Å². The molecule has 12 heavy (non-hydrogen) atoms. The van der Waals surface area contributed by atoms with Gasteiger partial charge in [-0.1, -0.05) is 26.1 Å². The molecule has 0 amide bonds. The molecule has 0 unspecified atom stereocenters.